The maximum atomic E-state index is 12.0. The lowest BCUT2D eigenvalue weighted by atomic mass is 10.1. The quantitative estimate of drug-likeness (QED) is 0.722. The van der Waals surface area contributed by atoms with Crippen molar-refractivity contribution in [2.75, 3.05) is 11.9 Å². The highest BCUT2D eigenvalue weighted by molar-refractivity contribution is 6.32. The summed E-state index contributed by atoms with van der Waals surface area (Å²) in [6, 6.07) is 6.29. The Bertz CT molecular complexity index is 1020. The van der Waals surface area contributed by atoms with Gasteiger partial charge in [0, 0.05) is 30.6 Å². The van der Waals surface area contributed by atoms with E-state index in [0.717, 1.165) is 11.3 Å². The van der Waals surface area contributed by atoms with Crippen molar-refractivity contribution in [1.82, 2.24) is 9.78 Å². The second-order valence-electron chi connectivity index (χ2n) is 5.66. The summed E-state index contributed by atoms with van der Waals surface area (Å²) in [5.41, 5.74) is 1.44. The highest BCUT2D eigenvalue weighted by atomic mass is 35.5. The zero-order chi connectivity index (χ0) is 18.1. The Balaban J connectivity index is 1.76. The second kappa shape index (κ2) is 6.60. The number of halogens is 1. The molecule has 2 heterocycles. The summed E-state index contributed by atoms with van der Waals surface area (Å²) in [5, 5.41) is 7.88. The molecule has 2 aromatic heterocycles. The molecule has 130 valence electrons. The molecular formula is C17H16ClN3O4. The number of rotatable bonds is 4. The highest BCUT2D eigenvalue weighted by Crippen LogP contribution is 2.31. The van der Waals surface area contributed by atoms with E-state index in [1.807, 2.05) is 6.92 Å². The van der Waals surface area contributed by atoms with Crippen molar-refractivity contribution in [3.05, 3.63) is 51.0 Å². The predicted molar refractivity (Wildman–Crippen MR) is 94.3 cm³/mol. The fraction of sp³-hybridized carbons (Fsp3) is 0.235. The van der Waals surface area contributed by atoms with Gasteiger partial charge in [-0.05, 0) is 25.5 Å². The van der Waals surface area contributed by atoms with Crippen molar-refractivity contribution < 1.29 is 13.9 Å². The van der Waals surface area contributed by atoms with Crippen LogP contribution in [0.5, 0.6) is 5.75 Å². The smallest absolute Gasteiger partial charge is 0.336 e. The van der Waals surface area contributed by atoms with Gasteiger partial charge in [-0.2, -0.15) is 5.10 Å². The van der Waals surface area contributed by atoms with Crippen molar-refractivity contribution in [2.24, 2.45) is 7.05 Å². The van der Waals surface area contributed by atoms with Crippen LogP contribution in [0.3, 0.4) is 0 Å². The molecule has 0 aliphatic rings. The van der Waals surface area contributed by atoms with E-state index >= 15 is 0 Å². The van der Waals surface area contributed by atoms with Gasteiger partial charge in [0.15, 0.2) is 6.61 Å². The summed E-state index contributed by atoms with van der Waals surface area (Å²) in [6.45, 7) is 3.38. The Morgan fingerprint density at radius 2 is 2.08 bits per heavy atom. The van der Waals surface area contributed by atoms with E-state index in [-0.39, 0.29) is 18.3 Å². The molecule has 0 radical (unpaired) electrons. The van der Waals surface area contributed by atoms with Crippen LogP contribution in [0.25, 0.3) is 11.0 Å². The van der Waals surface area contributed by atoms with Gasteiger partial charge in [-0.3, -0.25) is 9.48 Å². The minimum absolute atomic E-state index is 0.245. The average molecular weight is 362 g/mol. The van der Waals surface area contributed by atoms with Crippen molar-refractivity contribution in [1.29, 1.82) is 0 Å². The van der Waals surface area contributed by atoms with Gasteiger partial charge < -0.3 is 14.5 Å². The topological polar surface area (TPSA) is 86.4 Å². The van der Waals surface area contributed by atoms with E-state index in [4.69, 9.17) is 20.8 Å². The Morgan fingerprint density at radius 1 is 1.32 bits per heavy atom. The molecule has 25 heavy (non-hydrogen) atoms. The number of aryl methyl sites for hydroxylation is 3. The molecule has 8 heteroatoms. The fourth-order valence-electron chi connectivity index (χ4n) is 2.48. The number of nitrogens with zero attached hydrogens (tertiary/aromatic N) is 2. The first-order valence-electron chi connectivity index (χ1n) is 7.51. The molecule has 0 aliphatic heterocycles. The van der Waals surface area contributed by atoms with E-state index in [9.17, 15) is 9.59 Å². The van der Waals surface area contributed by atoms with E-state index in [1.165, 1.54) is 12.1 Å². The van der Waals surface area contributed by atoms with E-state index in [0.29, 0.717) is 21.8 Å². The van der Waals surface area contributed by atoms with Crippen LogP contribution in [-0.4, -0.2) is 22.3 Å². The molecule has 0 saturated heterocycles. The van der Waals surface area contributed by atoms with Crippen LogP contribution in [0.1, 0.15) is 11.3 Å². The van der Waals surface area contributed by atoms with Gasteiger partial charge >= 0.3 is 5.63 Å². The number of carbonyl (C=O) groups excluding carboxylic acids is 1. The van der Waals surface area contributed by atoms with Crippen LogP contribution in [0.15, 0.2) is 33.5 Å². The summed E-state index contributed by atoms with van der Waals surface area (Å²) in [4.78, 5) is 23.5. The molecule has 0 atom stereocenters. The fourth-order valence-corrected chi connectivity index (χ4v) is 2.70. The Labute approximate surface area is 148 Å². The second-order valence-corrected chi connectivity index (χ2v) is 6.07. The van der Waals surface area contributed by atoms with E-state index in [1.54, 1.807) is 30.8 Å². The SMILES string of the molecule is Cc1cc(NC(=O)COc2cc3oc(=O)cc(C)c3cc2Cl)n(C)n1. The zero-order valence-electron chi connectivity index (χ0n) is 13.9. The summed E-state index contributed by atoms with van der Waals surface area (Å²) < 4.78 is 12.2. The van der Waals surface area contributed by atoms with Crippen molar-refractivity contribution in [3.63, 3.8) is 0 Å². The standard InChI is InChI=1S/C17H16ClN3O4/c1-9-4-17(23)25-13-7-14(12(18)6-11(9)13)24-8-16(22)19-15-5-10(2)20-21(15)3/h4-7H,8H2,1-3H3,(H,19,22). The van der Waals surface area contributed by atoms with Gasteiger partial charge in [0.1, 0.15) is 17.2 Å². The molecule has 1 aromatic carbocycles. The Hall–Kier alpha value is -2.80. The van der Waals surface area contributed by atoms with Gasteiger partial charge in [0.2, 0.25) is 0 Å². The van der Waals surface area contributed by atoms with Crippen LogP contribution in [0.2, 0.25) is 5.02 Å². The van der Waals surface area contributed by atoms with Crippen molar-refractivity contribution in [3.8, 4) is 5.75 Å². The van der Waals surface area contributed by atoms with Gasteiger partial charge in [-0.25, -0.2) is 4.79 Å². The third-order valence-electron chi connectivity index (χ3n) is 3.63. The Kier molecular flexibility index (Phi) is 4.50. The van der Waals surface area contributed by atoms with Gasteiger partial charge in [-0.15, -0.1) is 0 Å². The number of hydrogen-bond donors (Lipinski definition) is 1. The number of nitrogens with one attached hydrogen (secondary N) is 1. The van der Waals surface area contributed by atoms with Gasteiger partial charge in [-0.1, -0.05) is 11.6 Å². The number of benzene rings is 1. The minimum Gasteiger partial charge on any atom is -0.482 e. The maximum Gasteiger partial charge on any atom is 0.336 e. The normalized spacial score (nSPS) is 10.9. The Morgan fingerprint density at radius 3 is 2.76 bits per heavy atom. The molecule has 0 unspecified atom stereocenters. The molecule has 3 aromatic rings. The largest absolute Gasteiger partial charge is 0.482 e. The predicted octanol–water partition coefficient (Wildman–Crippen LogP) is 2.81. The first-order chi connectivity index (χ1) is 11.8. The molecule has 0 aliphatic carbocycles. The average Bonchev–Trinajstić information content (AvgIpc) is 2.83. The maximum absolute atomic E-state index is 12.0. The molecule has 3 rings (SSSR count). The summed E-state index contributed by atoms with van der Waals surface area (Å²) >= 11 is 6.20. The lowest BCUT2D eigenvalue weighted by molar-refractivity contribution is -0.118. The third-order valence-corrected chi connectivity index (χ3v) is 3.93. The lowest BCUT2D eigenvalue weighted by Gasteiger charge is -2.10. The van der Waals surface area contributed by atoms with E-state index < -0.39 is 5.63 Å². The van der Waals surface area contributed by atoms with E-state index in [2.05, 4.69) is 10.4 Å². The third kappa shape index (κ3) is 3.66. The van der Waals surface area contributed by atoms with Crippen LogP contribution in [0, 0.1) is 13.8 Å². The highest BCUT2D eigenvalue weighted by Gasteiger charge is 2.12. The van der Waals surface area contributed by atoms with Gasteiger partial charge in [0.25, 0.3) is 5.91 Å². The molecule has 1 N–H and O–H groups in total. The molecular weight excluding hydrogens is 346 g/mol. The monoisotopic (exact) mass is 361 g/mol. The number of fused-ring (bicyclic) bond motifs is 1. The van der Waals surface area contributed by atoms with Crippen LogP contribution in [0.4, 0.5) is 5.82 Å². The summed E-state index contributed by atoms with van der Waals surface area (Å²) in [6.07, 6.45) is 0. The van der Waals surface area contributed by atoms with Crippen LogP contribution in [-0.2, 0) is 11.8 Å². The number of ether oxygens (including phenoxy) is 1. The first kappa shape index (κ1) is 17.0. The number of hydrogen-bond acceptors (Lipinski definition) is 5. The van der Waals surface area contributed by atoms with Crippen LogP contribution >= 0.6 is 11.6 Å². The van der Waals surface area contributed by atoms with Crippen LogP contribution < -0.4 is 15.7 Å². The number of carbonyl (C=O) groups is 1. The number of aromatic nitrogens is 2. The lowest BCUT2D eigenvalue weighted by Crippen LogP contribution is -2.21. The molecule has 0 spiro atoms. The number of amides is 1. The minimum atomic E-state index is -0.456. The number of anilines is 1. The molecule has 0 bridgehead atoms. The molecule has 7 nitrogen and oxygen atoms in total. The van der Waals surface area contributed by atoms with Gasteiger partial charge in [0.05, 0.1) is 10.7 Å². The zero-order valence-corrected chi connectivity index (χ0v) is 14.7. The molecule has 1 amide bonds. The summed E-state index contributed by atoms with van der Waals surface area (Å²) in [5.74, 6) is 0.474. The summed E-state index contributed by atoms with van der Waals surface area (Å²) in [7, 11) is 1.73. The molecule has 0 fully saturated rings. The first-order valence-corrected chi connectivity index (χ1v) is 7.88. The van der Waals surface area contributed by atoms with Crippen molar-refractivity contribution in [2.45, 2.75) is 13.8 Å². The van der Waals surface area contributed by atoms with Crippen molar-refractivity contribution >= 4 is 34.3 Å². The molecule has 0 saturated carbocycles.